The summed E-state index contributed by atoms with van der Waals surface area (Å²) in [5, 5.41) is 9.58. The molecule has 0 amide bonds. The predicted molar refractivity (Wildman–Crippen MR) is 61.9 cm³/mol. The van der Waals surface area contributed by atoms with Crippen molar-refractivity contribution in [2.45, 2.75) is 19.3 Å². The van der Waals surface area contributed by atoms with Gasteiger partial charge in [0.25, 0.3) is 0 Å². The highest BCUT2D eigenvalue weighted by atomic mass is 16.7. The second-order valence-corrected chi connectivity index (χ2v) is 3.82. The fourth-order valence-electron chi connectivity index (χ4n) is 1.69. The van der Waals surface area contributed by atoms with Gasteiger partial charge in [0, 0.05) is 12.1 Å². The number of hydrogen-bond acceptors (Lipinski definition) is 5. The number of ether oxygens (including phenoxy) is 3. The van der Waals surface area contributed by atoms with Crippen molar-refractivity contribution in [1.82, 2.24) is 0 Å². The molecular formula is C12H17NO4. The van der Waals surface area contributed by atoms with Crippen molar-refractivity contribution in [3.8, 4) is 11.5 Å². The Morgan fingerprint density at radius 1 is 1.53 bits per heavy atom. The largest absolute Gasteiger partial charge is 0.504 e. The summed E-state index contributed by atoms with van der Waals surface area (Å²) in [4.78, 5) is 0. The summed E-state index contributed by atoms with van der Waals surface area (Å²) in [6.45, 7) is 3.28. The van der Waals surface area contributed by atoms with E-state index < -0.39 is 6.29 Å². The van der Waals surface area contributed by atoms with Crippen molar-refractivity contribution < 1.29 is 19.3 Å². The van der Waals surface area contributed by atoms with Crippen molar-refractivity contribution >= 4 is 0 Å². The summed E-state index contributed by atoms with van der Waals surface area (Å²) in [5.41, 5.74) is 6.33. The molecule has 2 unspecified atom stereocenters. The average Bonchev–Trinajstić information content (AvgIpc) is 2.81. The van der Waals surface area contributed by atoms with Gasteiger partial charge in [0.2, 0.25) is 0 Å². The number of aromatic hydroxyl groups is 1. The molecule has 2 rings (SSSR count). The SMILES string of the molecule is CCOc1cc(C2OCC(CN)O2)ccc1O. The molecule has 1 aliphatic rings. The van der Waals surface area contributed by atoms with Gasteiger partial charge < -0.3 is 25.1 Å². The Morgan fingerprint density at radius 3 is 3.00 bits per heavy atom. The Kier molecular flexibility index (Phi) is 3.83. The van der Waals surface area contributed by atoms with Gasteiger partial charge in [-0.1, -0.05) is 6.07 Å². The summed E-state index contributed by atoms with van der Waals surface area (Å²) in [6, 6.07) is 5.05. The Labute approximate surface area is 100 Å². The molecule has 1 aliphatic heterocycles. The standard InChI is InChI=1S/C12H17NO4/c1-2-15-11-5-8(3-4-10(11)14)12-16-7-9(6-13)17-12/h3-5,9,12,14H,2,6-7,13H2,1H3. The van der Waals surface area contributed by atoms with E-state index in [0.29, 0.717) is 25.5 Å². The maximum atomic E-state index is 9.58. The van der Waals surface area contributed by atoms with Gasteiger partial charge >= 0.3 is 0 Å². The average molecular weight is 239 g/mol. The molecule has 5 heteroatoms. The van der Waals surface area contributed by atoms with E-state index in [1.165, 1.54) is 0 Å². The zero-order chi connectivity index (χ0) is 12.3. The third kappa shape index (κ3) is 2.69. The fourth-order valence-corrected chi connectivity index (χ4v) is 1.69. The lowest BCUT2D eigenvalue weighted by molar-refractivity contribution is -0.0586. The molecule has 0 aromatic heterocycles. The van der Waals surface area contributed by atoms with E-state index in [0.717, 1.165) is 5.56 Å². The fraction of sp³-hybridized carbons (Fsp3) is 0.500. The molecule has 1 fully saturated rings. The van der Waals surface area contributed by atoms with Gasteiger partial charge in [0.15, 0.2) is 17.8 Å². The van der Waals surface area contributed by atoms with E-state index >= 15 is 0 Å². The molecule has 5 nitrogen and oxygen atoms in total. The highest BCUT2D eigenvalue weighted by Crippen LogP contribution is 2.33. The van der Waals surface area contributed by atoms with Crippen molar-refractivity contribution in [2.24, 2.45) is 5.73 Å². The maximum absolute atomic E-state index is 9.58. The first-order chi connectivity index (χ1) is 8.24. The highest BCUT2D eigenvalue weighted by Gasteiger charge is 2.26. The summed E-state index contributed by atoms with van der Waals surface area (Å²) in [6.07, 6.45) is -0.493. The van der Waals surface area contributed by atoms with Crippen LogP contribution >= 0.6 is 0 Å². The molecule has 0 bridgehead atoms. The van der Waals surface area contributed by atoms with E-state index in [2.05, 4.69) is 0 Å². The lowest BCUT2D eigenvalue weighted by Crippen LogP contribution is -2.21. The van der Waals surface area contributed by atoms with Gasteiger partial charge in [-0.05, 0) is 19.1 Å². The van der Waals surface area contributed by atoms with Crippen LogP contribution < -0.4 is 10.5 Å². The zero-order valence-corrected chi connectivity index (χ0v) is 9.76. The molecule has 1 saturated heterocycles. The van der Waals surface area contributed by atoms with E-state index in [9.17, 15) is 5.11 Å². The number of rotatable bonds is 4. The van der Waals surface area contributed by atoms with Crippen LogP contribution in [0.15, 0.2) is 18.2 Å². The quantitative estimate of drug-likeness (QED) is 0.824. The second kappa shape index (κ2) is 5.35. The van der Waals surface area contributed by atoms with Crippen LogP contribution in [0.3, 0.4) is 0 Å². The molecule has 0 saturated carbocycles. The lowest BCUT2D eigenvalue weighted by atomic mass is 10.2. The van der Waals surface area contributed by atoms with E-state index in [1.54, 1.807) is 18.2 Å². The van der Waals surface area contributed by atoms with Crippen LogP contribution in [-0.2, 0) is 9.47 Å². The van der Waals surface area contributed by atoms with Crippen LogP contribution in [-0.4, -0.2) is 31.0 Å². The van der Waals surface area contributed by atoms with Gasteiger partial charge in [0.05, 0.1) is 19.3 Å². The van der Waals surface area contributed by atoms with Crippen LogP contribution in [0.2, 0.25) is 0 Å². The molecular weight excluding hydrogens is 222 g/mol. The van der Waals surface area contributed by atoms with Crippen molar-refractivity contribution in [3.63, 3.8) is 0 Å². The van der Waals surface area contributed by atoms with Crippen molar-refractivity contribution in [1.29, 1.82) is 0 Å². The van der Waals surface area contributed by atoms with Crippen molar-refractivity contribution in [3.05, 3.63) is 23.8 Å². The first-order valence-corrected chi connectivity index (χ1v) is 5.67. The molecule has 17 heavy (non-hydrogen) atoms. The molecule has 0 radical (unpaired) electrons. The molecule has 0 aliphatic carbocycles. The van der Waals surface area contributed by atoms with Crippen LogP contribution in [0.4, 0.5) is 0 Å². The summed E-state index contributed by atoms with van der Waals surface area (Å²) in [7, 11) is 0. The molecule has 1 heterocycles. The van der Waals surface area contributed by atoms with E-state index in [1.807, 2.05) is 6.92 Å². The van der Waals surface area contributed by atoms with Gasteiger partial charge in [-0.2, -0.15) is 0 Å². The van der Waals surface area contributed by atoms with Gasteiger partial charge in [-0.25, -0.2) is 0 Å². The maximum Gasteiger partial charge on any atom is 0.184 e. The zero-order valence-electron chi connectivity index (χ0n) is 9.76. The number of benzene rings is 1. The molecule has 0 spiro atoms. The van der Waals surface area contributed by atoms with Crippen LogP contribution in [0.1, 0.15) is 18.8 Å². The number of hydrogen-bond donors (Lipinski definition) is 2. The molecule has 94 valence electrons. The topological polar surface area (TPSA) is 73.9 Å². The molecule has 1 aromatic rings. The number of phenols is 1. The number of phenolic OH excluding ortho intramolecular Hbond substituents is 1. The minimum absolute atomic E-state index is 0.0654. The Balaban J connectivity index is 2.13. The van der Waals surface area contributed by atoms with Gasteiger partial charge in [-0.3, -0.25) is 0 Å². The first kappa shape index (κ1) is 12.2. The van der Waals surface area contributed by atoms with Gasteiger partial charge in [-0.15, -0.1) is 0 Å². The summed E-state index contributed by atoms with van der Waals surface area (Å²) in [5.74, 6) is 0.553. The number of nitrogens with two attached hydrogens (primary N) is 1. The van der Waals surface area contributed by atoms with Crippen LogP contribution in [0, 0.1) is 0 Å². The Morgan fingerprint density at radius 2 is 2.35 bits per heavy atom. The smallest absolute Gasteiger partial charge is 0.184 e. The monoisotopic (exact) mass is 239 g/mol. The highest BCUT2D eigenvalue weighted by molar-refractivity contribution is 5.42. The van der Waals surface area contributed by atoms with Crippen LogP contribution in [0.25, 0.3) is 0 Å². The molecule has 2 atom stereocenters. The summed E-state index contributed by atoms with van der Waals surface area (Å²) < 4.78 is 16.4. The normalized spacial score (nSPS) is 23.9. The van der Waals surface area contributed by atoms with E-state index in [4.69, 9.17) is 19.9 Å². The van der Waals surface area contributed by atoms with Gasteiger partial charge in [0.1, 0.15) is 0 Å². The second-order valence-electron chi connectivity index (χ2n) is 3.82. The third-order valence-corrected chi connectivity index (χ3v) is 2.57. The predicted octanol–water partition coefficient (Wildman–Crippen LogP) is 1.16. The minimum Gasteiger partial charge on any atom is -0.504 e. The van der Waals surface area contributed by atoms with E-state index in [-0.39, 0.29) is 11.9 Å². The minimum atomic E-state index is -0.427. The lowest BCUT2D eigenvalue weighted by Gasteiger charge is -2.13. The molecule has 3 N–H and O–H groups in total. The Bertz CT molecular complexity index is 383. The Hall–Kier alpha value is -1.30. The van der Waals surface area contributed by atoms with Crippen molar-refractivity contribution in [2.75, 3.05) is 19.8 Å². The third-order valence-electron chi connectivity index (χ3n) is 2.57. The molecule has 1 aromatic carbocycles. The van der Waals surface area contributed by atoms with Crippen LogP contribution in [0.5, 0.6) is 11.5 Å². The first-order valence-electron chi connectivity index (χ1n) is 5.67. The summed E-state index contributed by atoms with van der Waals surface area (Å²) >= 11 is 0.